The maximum absolute atomic E-state index is 13.6. The van der Waals surface area contributed by atoms with E-state index in [0.717, 1.165) is 26.5 Å². The monoisotopic (exact) mass is 555 g/mol. The molecule has 8 heteroatoms. The molecular weight excluding hydrogens is 538 g/mol. The summed E-state index contributed by atoms with van der Waals surface area (Å²) < 4.78 is 29.1. The summed E-state index contributed by atoms with van der Waals surface area (Å²) in [5, 5.41) is 11.7. The number of rotatable bonds is 4. The molecule has 0 fully saturated rings. The minimum atomic E-state index is -3.89. The first kappa shape index (κ1) is 22.5. The van der Waals surface area contributed by atoms with Crippen molar-refractivity contribution in [2.45, 2.75) is 4.90 Å². The number of phenolic OH excluding ortho intramolecular Hbond substituents is 1. The lowest BCUT2D eigenvalue weighted by atomic mass is 9.98. The Bertz CT molecular complexity index is 1880. The van der Waals surface area contributed by atoms with Crippen LogP contribution in [0.2, 0.25) is 0 Å². The Hall–Kier alpha value is -4.01. The van der Waals surface area contributed by atoms with Gasteiger partial charge < -0.3 is 5.11 Å². The molecule has 36 heavy (non-hydrogen) atoms. The number of aromatic nitrogens is 3. The van der Waals surface area contributed by atoms with Gasteiger partial charge in [0, 0.05) is 33.2 Å². The fraction of sp³-hybridized carbons (Fsp3) is 0. The number of para-hydroxylation sites is 1. The average molecular weight is 556 g/mol. The van der Waals surface area contributed by atoms with Crippen LogP contribution in [0.4, 0.5) is 0 Å². The van der Waals surface area contributed by atoms with E-state index in [-0.39, 0.29) is 10.6 Å². The van der Waals surface area contributed by atoms with E-state index in [1.807, 2.05) is 36.4 Å². The molecular formula is C28H18BrN3O3S. The molecule has 0 aliphatic carbocycles. The van der Waals surface area contributed by atoms with Crippen molar-refractivity contribution in [2.24, 2.45) is 0 Å². The lowest BCUT2D eigenvalue weighted by Gasteiger charge is -2.11. The maximum Gasteiger partial charge on any atom is 0.269 e. The van der Waals surface area contributed by atoms with E-state index in [4.69, 9.17) is 4.98 Å². The first-order chi connectivity index (χ1) is 17.4. The minimum absolute atomic E-state index is 0.156. The Morgan fingerprint density at radius 3 is 2.39 bits per heavy atom. The van der Waals surface area contributed by atoms with Gasteiger partial charge in [0.2, 0.25) is 0 Å². The quantitative estimate of drug-likeness (QED) is 0.264. The van der Waals surface area contributed by atoms with Crippen molar-refractivity contribution < 1.29 is 13.5 Å². The molecule has 0 aliphatic rings. The third kappa shape index (κ3) is 3.66. The molecule has 176 valence electrons. The predicted octanol–water partition coefficient (Wildman–Crippen LogP) is 6.62. The van der Waals surface area contributed by atoms with E-state index in [1.54, 1.807) is 67.0 Å². The molecule has 3 aromatic carbocycles. The average Bonchev–Trinajstić information content (AvgIpc) is 3.30. The summed E-state index contributed by atoms with van der Waals surface area (Å²) >= 11 is 3.62. The van der Waals surface area contributed by atoms with Crippen LogP contribution < -0.4 is 0 Å². The second-order valence-electron chi connectivity index (χ2n) is 8.27. The van der Waals surface area contributed by atoms with Gasteiger partial charge in [-0.3, -0.25) is 0 Å². The van der Waals surface area contributed by atoms with Gasteiger partial charge >= 0.3 is 0 Å². The van der Waals surface area contributed by atoms with E-state index in [0.29, 0.717) is 22.3 Å². The van der Waals surface area contributed by atoms with Crippen molar-refractivity contribution in [1.82, 2.24) is 13.9 Å². The van der Waals surface area contributed by atoms with Gasteiger partial charge in [-0.2, -0.15) is 0 Å². The zero-order valence-electron chi connectivity index (χ0n) is 18.7. The summed E-state index contributed by atoms with van der Waals surface area (Å²) in [5.41, 5.74) is 3.96. The third-order valence-corrected chi connectivity index (χ3v) is 8.36. The molecule has 6 aromatic rings. The van der Waals surface area contributed by atoms with Crippen LogP contribution in [0.1, 0.15) is 0 Å². The highest BCUT2D eigenvalue weighted by atomic mass is 79.9. The first-order valence-corrected chi connectivity index (χ1v) is 13.3. The number of pyridine rings is 2. The number of phenols is 1. The molecule has 1 N–H and O–H groups in total. The standard InChI is InChI=1S/C28H18BrN3O3S/c29-25-13-5-11-21-23(18-7-4-8-19(33)15-18)16-26(31-27(21)25)24-17-32(28-22(24)12-6-14-30-28)36(34,35)20-9-2-1-3-10-20/h1-17,33H. The first-order valence-electron chi connectivity index (χ1n) is 11.1. The van der Waals surface area contributed by atoms with Crippen molar-refractivity contribution in [3.63, 3.8) is 0 Å². The van der Waals surface area contributed by atoms with Gasteiger partial charge in [-0.1, -0.05) is 42.5 Å². The summed E-state index contributed by atoms with van der Waals surface area (Å²) in [7, 11) is -3.89. The highest BCUT2D eigenvalue weighted by Gasteiger charge is 2.23. The SMILES string of the molecule is O=S(=O)(c1ccccc1)n1cc(-c2cc(-c3cccc(O)c3)c3cccc(Br)c3n2)c2cccnc21. The van der Waals surface area contributed by atoms with Crippen LogP contribution >= 0.6 is 15.9 Å². The lowest BCUT2D eigenvalue weighted by molar-refractivity contribution is 0.475. The largest absolute Gasteiger partial charge is 0.508 e. The smallest absolute Gasteiger partial charge is 0.269 e. The zero-order valence-corrected chi connectivity index (χ0v) is 21.1. The highest BCUT2D eigenvalue weighted by molar-refractivity contribution is 9.10. The zero-order chi connectivity index (χ0) is 24.9. The predicted molar refractivity (Wildman–Crippen MR) is 144 cm³/mol. The fourth-order valence-electron chi connectivity index (χ4n) is 4.39. The number of benzene rings is 3. The van der Waals surface area contributed by atoms with Gasteiger partial charge in [-0.15, -0.1) is 0 Å². The van der Waals surface area contributed by atoms with E-state index >= 15 is 0 Å². The molecule has 0 aliphatic heterocycles. The summed E-state index contributed by atoms with van der Waals surface area (Å²) in [6, 6.07) is 26.7. The van der Waals surface area contributed by atoms with Crippen molar-refractivity contribution >= 4 is 47.9 Å². The Labute approximate surface area is 215 Å². The fourth-order valence-corrected chi connectivity index (χ4v) is 6.19. The van der Waals surface area contributed by atoms with E-state index < -0.39 is 10.0 Å². The Morgan fingerprint density at radius 1 is 0.806 bits per heavy atom. The molecule has 3 aromatic heterocycles. The number of halogens is 1. The van der Waals surface area contributed by atoms with Crippen LogP contribution in [-0.4, -0.2) is 27.5 Å². The van der Waals surface area contributed by atoms with Gasteiger partial charge in [0.15, 0.2) is 5.65 Å². The van der Waals surface area contributed by atoms with E-state index in [9.17, 15) is 13.5 Å². The van der Waals surface area contributed by atoms with Gasteiger partial charge in [-0.25, -0.2) is 22.4 Å². The lowest BCUT2D eigenvalue weighted by Crippen LogP contribution is -2.12. The molecule has 0 unspecified atom stereocenters. The Kier molecular flexibility index (Phi) is 5.35. The molecule has 0 bridgehead atoms. The number of nitrogens with zero attached hydrogens (tertiary/aromatic N) is 3. The van der Waals surface area contributed by atoms with Crippen LogP contribution in [0.5, 0.6) is 5.75 Å². The second-order valence-corrected chi connectivity index (χ2v) is 10.9. The molecule has 0 amide bonds. The molecule has 6 nitrogen and oxygen atoms in total. The van der Waals surface area contributed by atoms with Crippen molar-refractivity contribution in [3.8, 4) is 28.1 Å². The number of aromatic hydroxyl groups is 1. The van der Waals surface area contributed by atoms with Crippen molar-refractivity contribution in [3.05, 3.63) is 108 Å². The highest BCUT2D eigenvalue weighted by Crippen LogP contribution is 2.38. The number of hydrogen-bond acceptors (Lipinski definition) is 5. The van der Waals surface area contributed by atoms with Crippen LogP contribution in [0.3, 0.4) is 0 Å². The topological polar surface area (TPSA) is 85.1 Å². The molecule has 0 saturated heterocycles. The van der Waals surface area contributed by atoms with Crippen molar-refractivity contribution in [2.75, 3.05) is 0 Å². The maximum atomic E-state index is 13.6. The summed E-state index contributed by atoms with van der Waals surface area (Å²) in [6.07, 6.45) is 3.16. The molecule has 0 radical (unpaired) electrons. The third-order valence-electron chi connectivity index (χ3n) is 6.06. The molecule has 0 atom stereocenters. The summed E-state index contributed by atoms with van der Waals surface area (Å²) in [6.45, 7) is 0. The summed E-state index contributed by atoms with van der Waals surface area (Å²) in [5.74, 6) is 0.156. The van der Waals surface area contributed by atoms with E-state index in [1.165, 1.54) is 3.97 Å². The number of hydrogen-bond donors (Lipinski definition) is 1. The Balaban J connectivity index is 1.66. The normalized spacial score (nSPS) is 11.8. The second kappa shape index (κ2) is 8.58. The number of fused-ring (bicyclic) bond motifs is 2. The molecule has 6 rings (SSSR count). The van der Waals surface area contributed by atoms with Crippen LogP contribution in [0.15, 0.2) is 113 Å². The van der Waals surface area contributed by atoms with Crippen LogP contribution in [-0.2, 0) is 10.0 Å². The summed E-state index contributed by atoms with van der Waals surface area (Å²) in [4.78, 5) is 9.51. The van der Waals surface area contributed by atoms with E-state index in [2.05, 4.69) is 20.9 Å². The van der Waals surface area contributed by atoms with Gasteiger partial charge in [0.25, 0.3) is 10.0 Å². The molecule has 0 saturated carbocycles. The Morgan fingerprint density at radius 2 is 1.58 bits per heavy atom. The molecule has 3 heterocycles. The van der Waals surface area contributed by atoms with Gasteiger partial charge in [-0.05, 0) is 75.6 Å². The van der Waals surface area contributed by atoms with Crippen molar-refractivity contribution in [1.29, 1.82) is 0 Å². The van der Waals surface area contributed by atoms with Crippen LogP contribution in [0.25, 0.3) is 44.3 Å². The molecule has 0 spiro atoms. The minimum Gasteiger partial charge on any atom is -0.508 e. The van der Waals surface area contributed by atoms with Gasteiger partial charge in [0.1, 0.15) is 5.75 Å². The van der Waals surface area contributed by atoms with Crippen LogP contribution in [0, 0.1) is 0 Å². The van der Waals surface area contributed by atoms with Gasteiger partial charge in [0.05, 0.1) is 16.1 Å².